The third kappa shape index (κ3) is 2.57. The van der Waals surface area contributed by atoms with E-state index in [9.17, 15) is 0 Å². The SMILES string of the molecule is N[C@@H]1CC(c2ccccc2Br)Oc2cc(Br)ccc21. The van der Waals surface area contributed by atoms with Crippen molar-refractivity contribution in [3.05, 3.63) is 62.5 Å². The Kier molecular flexibility index (Phi) is 3.65. The molecule has 2 N–H and O–H groups in total. The summed E-state index contributed by atoms with van der Waals surface area (Å²) in [5.74, 6) is 0.869. The van der Waals surface area contributed by atoms with E-state index in [1.54, 1.807) is 0 Å². The Bertz CT molecular complexity index is 615. The van der Waals surface area contributed by atoms with Gasteiger partial charge in [0, 0.05) is 32.5 Å². The quantitative estimate of drug-likeness (QED) is 0.773. The van der Waals surface area contributed by atoms with Crippen LogP contribution < -0.4 is 10.5 Å². The van der Waals surface area contributed by atoms with Crippen molar-refractivity contribution in [3.63, 3.8) is 0 Å². The molecule has 1 aliphatic rings. The van der Waals surface area contributed by atoms with E-state index >= 15 is 0 Å². The van der Waals surface area contributed by atoms with E-state index in [4.69, 9.17) is 10.5 Å². The third-order valence-corrected chi connectivity index (χ3v) is 4.58. The Labute approximate surface area is 129 Å². The maximum atomic E-state index is 6.26. The molecular weight excluding hydrogens is 370 g/mol. The summed E-state index contributed by atoms with van der Waals surface area (Å²) in [5, 5.41) is 0. The van der Waals surface area contributed by atoms with Crippen LogP contribution in [0.15, 0.2) is 51.4 Å². The summed E-state index contributed by atoms with van der Waals surface area (Å²) in [6.45, 7) is 0. The average molecular weight is 383 g/mol. The predicted octanol–water partition coefficient (Wildman–Crippen LogP) is 4.74. The normalized spacial score (nSPS) is 21.6. The van der Waals surface area contributed by atoms with E-state index < -0.39 is 0 Å². The summed E-state index contributed by atoms with van der Waals surface area (Å²) in [6, 6.07) is 14.1. The smallest absolute Gasteiger partial charge is 0.127 e. The zero-order valence-electron chi connectivity index (χ0n) is 10.1. The fourth-order valence-electron chi connectivity index (χ4n) is 2.40. The Morgan fingerprint density at radius 3 is 2.63 bits per heavy atom. The van der Waals surface area contributed by atoms with Crippen molar-refractivity contribution in [1.29, 1.82) is 0 Å². The molecule has 0 amide bonds. The van der Waals surface area contributed by atoms with Crippen molar-refractivity contribution < 1.29 is 4.74 Å². The van der Waals surface area contributed by atoms with Crippen molar-refractivity contribution >= 4 is 31.9 Å². The van der Waals surface area contributed by atoms with Crippen molar-refractivity contribution in [1.82, 2.24) is 0 Å². The molecule has 98 valence electrons. The minimum Gasteiger partial charge on any atom is -0.485 e. The lowest BCUT2D eigenvalue weighted by Crippen LogP contribution is -2.24. The molecule has 2 atom stereocenters. The minimum absolute atomic E-state index is 0.00706. The first-order chi connectivity index (χ1) is 9.15. The van der Waals surface area contributed by atoms with E-state index in [2.05, 4.69) is 37.9 Å². The zero-order chi connectivity index (χ0) is 13.4. The van der Waals surface area contributed by atoms with Gasteiger partial charge in [0.05, 0.1) is 0 Å². The van der Waals surface area contributed by atoms with Crippen molar-refractivity contribution in [2.45, 2.75) is 18.6 Å². The minimum atomic E-state index is -0.00706. The van der Waals surface area contributed by atoms with Crippen LogP contribution in [0.25, 0.3) is 0 Å². The number of fused-ring (bicyclic) bond motifs is 1. The fraction of sp³-hybridized carbons (Fsp3) is 0.200. The van der Waals surface area contributed by atoms with Crippen LogP contribution >= 0.6 is 31.9 Å². The third-order valence-electron chi connectivity index (χ3n) is 3.36. The van der Waals surface area contributed by atoms with Gasteiger partial charge >= 0.3 is 0 Å². The number of rotatable bonds is 1. The van der Waals surface area contributed by atoms with Gasteiger partial charge in [-0.1, -0.05) is 56.1 Å². The first kappa shape index (κ1) is 13.2. The highest BCUT2D eigenvalue weighted by molar-refractivity contribution is 9.10. The molecule has 0 saturated heterocycles. The highest BCUT2D eigenvalue weighted by Crippen LogP contribution is 2.42. The molecule has 1 heterocycles. The number of halogens is 2. The van der Waals surface area contributed by atoms with Gasteiger partial charge in [0.15, 0.2) is 0 Å². The topological polar surface area (TPSA) is 35.2 Å². The average Bonchev–Trinajstić information content (AvgIpc) is 2.38. The molecule has 1 unspecified atom stereocenters. The van der Waals surface area contributed by atoms with E-state index in [1.165, 1.54) is 0 Å². The van der Waals surface area contributed by atoms with Crippen molar-refractivity contribution in [3.8, 4) is 5.75 Å². The number of nitrogens with two attached hydrogens (primary N) is 1. The summed E-state index contributed by atoms with van der Waals surface area (Å²) < 4.78 is 8.18. The summed E-state index contributed by atoms with van der Waals surface area (Å²) in [4.78, 5) is 0. The van der Waals surface area contributed by atoms with Gasteiger partial charge in [0.2, 0.25) is 0 Å². The molecule has 2 aromatic rings. The summed E-state index contributed by atoms with van der Waals surface area (Å²) in [5.41, 5.74) is 8.48. The van der Waals surface area contributed by atoms with Crippen LogP contribution in [0, 0.1) is 0 Å². The summed E-state index contributed by atoms with van der Waals surface area (Å²) in [7, 11) is 0. The lowest BCUT2D eigenvalue weighted by molar-refractivity contribution is 0.161. The number of hydrogen-bond acceptors (Lipinski definition) is 2. The van der Waals surface area contributed by atoms with Gasteiger partial charge < -0.3 is 10.5 Å². The first-order valence-electron chi connectivity index (χ1n) is 6.11. The highest BCUT2D eigenvalue weighted by atomic mass is 79.9. The predicted molar refractivity (Wildman–Crippen MR) is 83.2 cm³/mol. The van der Waals surface area contributed by atoms with Crippen LogP contribution in [0.5, 0.6) is 5.75 Å². The molecule has 0 saturated carbocycles. The van der Waals surface area contributed by atoms with Crippen LogP contribution in [0.1, 0.15) is 29.7 Å². The highest BCUT2D eigenvalue weighted by Gasteiger charge is 2.28. The fourth-order valence-corrected chi connectivity index (χ4v) is 3.28. The van der Waals surface area contributed by atoms with Gasteiger partial charge in [-0.3, -0.25) is 0 Å². The second kappa shape index (κ2) is 5.27. The van der Waals surface area contributed by atoms with E-state index in [0.717, 1.165) is 32.2 Å². The molecular formula is C15H13Br2NO. The van der Waals surface area contributed by atoms with Gasteiger partial charge in [-0.25, -0.2) is 0 Å². The molecule has 0 aromatic heterocycles. The Morgan fingerprint density at radius 1 is 1.05 bits per heavy atom. The molecule has 4 heteroatoms. The monoisotopic (exact) mass is 381 g/mol. The van der Waals surface area contributed by atoms with Gasteiger partial charge in [0.25, 0.3) is 0 Å². The van der Waals surface area contributed by atoms with Crippen LogP contribution in [0.4, 0.5) is 0 Å². The van der Waals surface area contributed by atoms with E-state index in [-0.39, 0.29) is 12.1 Å². The Morgan fingerprint density at radius 2 is 1.84 bits per heavy atom. The molecule has 2 aromatic carbocycles. The second-order valence-electron chi connectivity index (χ2n) is 4.65. The molecule has 0 radical (unpaired) electrons. The van der Waals surface area contributed by atoms with E-state index in [0.29, 0.717) is 0 Å². The Hall–Kier alpha value is -0.840. The standard InChI is InChI=1S/C15H13Br2NO/c16-9-5-6-11-13(18)8-15(19-14(11)7-9)10-3-1-2-4-12(10)17/h1-7,13,15H,8,18H2/t13-,15?/m1/s1. The first-order valence-corrected chi connectivity index (χ1v) is 7.70. The molecule has 0 bridgehead atoms. The van der Waals surface area contributed by atoms with Gasteiger partial charge in [0.1, 0.15) is 11.9 Å². The lowest BCUT2D eigenvalue weighted by atomic mass is 9.94. The molecule has 1 aliphatic heterocycles. The van der Waals surface area contributed by atoms with Crippen molar-refractivity contribution in [2.24, 2.45) is 5.73 Å². The van der Waals surface area contributed by atoms with E-state index in [1.807, 2.05) is 36.4 Å². The Balaban J connectivity index is 1.99. The van der Waals surface area contributed by atoms with Crippen LogP contribution in [0.2, 0.25) is 0 Å². The van der Waals surface area contributed by atoms with Gasteiger partial charge in [-0.05, 0) is 18.2 Å². The zero-order valence-corrected chi connectivity index (χ0v) is 13.3. The molecule has 0 fully saturated rings. The van der Waals surface area contributed by atoms with Gasteiger partial charge in [-0.2, -0.15) is 0 Å². The summed E-state index contributed by atoms with van der Waals surface area (Å²) in [6.07, 6.45) is 0.782. The maximum absolute atomic E-state index is 6.26. The molecule has 19 heavy (non-hydrogen) atoms. The van der Waals surface area contributed by atoms with Gasteiger partial charge in [-0.15, -0.1) is 0 Å². The largest absolute Gasteiger partial charge is 0.485 e. The summed E-state index contributed by atoms with van der Waals surface area (Å²) >= 11 is 7.05. The molecule has 2 nitrogen and oxygen atoms in total. The molecule has 3 rings (SSSR count). The lowest BCUT2D eigenvalue weighted by Gasteiger charge is -2.31. The second-order valence-corrected chi connectivity index (χ2v) is 6.42. The van der Waals surface area contributed by atoms with Crippen LogP contribution in [-0.4, -0.2) is 0 Å². The van der Waals surface area contributed by atoms with Crippen LogP contribution in [-0.2, 0) is 0 Å². The number of ether oxygens (including phenoxy) is 1. The van der Waals surface area contributed by atoms with Crippen LogP contribution in [0.3, 0.4) is 0 Å². The number of benzene rings is 2. The molecule has 0 aliphatic carbocycles. The maximum Gasteiger partial charge on any atom is 0.127 e. The number of hydrogen-bond donors (Lipinski definition) is 1. The van der Waals surface area contributed by atoms with Crippen molar-refractivity contribution in [2.75, 3.05) is 0 Å². The molecule has 0 spiro atoms.